The van der Waals surface area contributed by atoms with E-state index < -0.39 is 23.2 Å². The van der Waals surface area contributed by atoms with Gasteiger partial charge in [-0.1, -0.05) is 39.5 Å². The normalized spacial score (nSPS) is 16.3. The van der Waals surface area contributed by atoms with Gasteiger partial charge in [-0.3, -0.25) is 9.69 Å². The largest absolute Gasteiger partial charge is 0.465 e. The van der Waals surface area contributed by atoms with Gasteiger partial charge in [-0.05, 0) is 23.8 Å². The van der Waals surface area contributed by atoms with Crippen LogP contribution in [0.25, 0.3) is 0 Å². The summed E-state index contributed by atoms with van der Waals surface area (Å²) < 4.78 is 40.4. The molecule has 33 heavy (non-hydrogen) atoms. The average Bonchev–Trinajstić information content (AvgIpc) is 3.09. The summed E-state index contributed by atoms with van der Waals surface area (Å²) in [6.45, 7) is 10.1. The average molecular weight is 464 g/mol. The van der Waals surface area contributed by atoms with Crippen LogP contribution in [0.5, 0.6) is 0 Å². The number of aromatic nitrogens is 2. The molecule has 1 aliphatic rings. The maximum absolute atomic E-state index is 12.9. The van der Waals surface area contributed by atoms with Crippen LogP contribution in [0.1, 0.15) is 43.2 Å². The van der Waals surface area contributed by atoms with Crippen LogP contribution in [0.3, 0.4) is 0 Å². The second kappa shape index (κ2) is 8.92. The first kappa shape index (κ1) is 24.3. The van der Waals surface area contributed by atoms with E-state index in [0.717, 1.165) is 18.2 Å². The van der Waals surface area contributed by atoms with Gasteiger partial charge >= 0.3 is 12.3 Å². The van der Waals surface area contributed by atoms with Crippen molar-refractivity contribution in [1.82, 2.24) is 15.1 Å². The van der Waals surface area contributed by atoms with Crippen molar-refractivity contribution in [1.29, 1.82) is 0 Å². The second-order valence-corrected chi connectivity index (χ2v) is 9.16. The van der Waals surface area contributed by atoms with Crippen molar-refractivity contribution in [2.45, 2.75) is 45.3 Å². The molecule has 0 radical (unpaired) electrons. The van der Waals surface area contributed by atoms with E-state index in [4.69, 9.17) is 5.10 Å². The molecule has 1 aromatic heterocycles. The lowest BCUT2D eigenvalue weighted by atomic mass is 9.87. The highest BCUT2D eigenvalue weighted by atomic mass is 19.4. The fourth-order valence-corrected chi connectivity index (χ4v) is 3.96. The first-order valence-electron chi connectivity index (χ1n) is 10.5. The van der Waals surface area contributed by atoms with Gasteiger partial charge in [0.05, 0.1) is 11.3 Å². The number of carbonyl (C=O) groups excluding carboxylic acids is 1. The van der Waals surface area contributed by atoms with E-state index in [1.807, 2.05) is 20.8 Å². The van der Waals surface area contributed by atoms with Crippen molar-refractivity contribution in [3.63, 3.8) is 0 Å². The molecule has 1 atom stereocenters. The van der Waals surface area contributed by atoms with E-state index in [-0.39, 0.29) is 31.3 Å². The number of anilines is 1. The van der Waals surface area contributed by atoms with Crippen LogP contribution in [-0.2, 0) is 29.4 Å². The summed E-state index contributed by atoms with van der Waals surface area (Å²) in [5, 5.41) is 17.3. The minimum absolute atomic E-state index is 0.155. The number of carbonyl (C=O) groups is 2. The van der Waals surface area contributed by atoms with Crippen LogP contribution >= 0.6 is 0 Å². The highest BCUT2D eigenvalue weighted by Gasteiger charge is 2.36. The number of hydrogen-bond acceptors (Lipinski definition) is 3. The molecule has 0 saturated carbocycles. The molecule has 3 rings (SSSR count). The Morgan fingerprint density at radius 1 is 1.21 bits per heavy atom. The number of fused-ring (bicyclic) bond motifs is 1. The van der Waals surface area contributed by atoms with Crippen LogP contribution in [0.15, 0.2) is 36.9 Å². The molecule has 0 saturated heterocycles. The summed E-state index contributed by atoms with van der Waals surface area (Å²) in [5.41, 5.74) is 0.797. The summed E-state index contributed by atoms with van der Waals surface area (Å²) in [7, 11) is 0. The zero-order valence-electron chi connectivity index (χ0n) is 18.7. The molecule has 7 nitrogen and oxygen atoms in total. The molecule has 1 aliphatic heterocycles. The van der Waals surface area contributed by atoms with Crippen LogP contribution < -0.4 is 10.2 Å². The number of hydrogen-bond donors (Lipinski definition) is 2. The summed E-state index contributed by atoms with van der Waals surface area (Å²) in [4.78, 5) is 24.9. The van der Waals surface area contributed by atoms with Crippen molar-refractivity contribution in [3.8, 4) is 0 Å². The van der Waals surface area contributed by atoms with E-state index >= 15 is 0 Å². The zero-order valence-corrected chi connectivity index (χ0v) is 18.7. The summed E-state index contributed by atoms with van der Waals surface area (Å²) in [5.74, 6) is -0.135. The fraction of sp³-hybridized carbons (Fsp3) is 0.435. The first-order chi connectivity index (χ1) is 15.3. The molecule has 2 N–H and O–H groups in total. The number of amides is 2. The Hall–Kier alpha value is -3.30. The lowest BCUT2D eigenvalue weighted by Gasteiger charge is -2.32. The molecule has 2 heterocycles. The minimum Gasteiger partial charge on any atom is -0.465 e. The molecule has 0 aliphatic carbocycles. The Balaban J connectivity index is 2.01. The lowest BCUT2D eigenvalue weighted by Crippen LogP contribution is -2.45. The van der Waals surface area contributed by atoms with Crippen LogP contribution in [0.4, 0.5) is 23.8 Å². The Morgan fingerprint density at radius 2 is 1.85 bits per heavy atom. The highest BCUT2D eigenvalue weighted by Crippen LogP contribution is 2.37. The number of alkyl halides is 3. The monoisotopic (exact) mass is 464 g/mol. The predicted molar refractivity (Wildman–Crippen MR) is 117 cm³/mol. The van der Waals surface area contributed by atoms with Crippen molar-refractivity contribution in [2.75, 3.05) is 18.0 Å². The van der Waals surface area contributed by atoms with Gasteiger partial charge in [-0.25, -0.2) is 9.48 Å². The summed E-state index contributed by atoms with van der Waals surface area (Å²) >= 11 is 0. The number of carboxylic acid groups (broad SMARTS) is 1. The summed E-state index contributed by atoms with van der Waals surface area (Å²) in [6.07, 6.45) is -4.20. The van der Waals surface area contributed by atoms with E-state index in [2.05, 4.69) is 11.9 Å². The SMILES string of the molecule is C=CC(=O)NCC1CN(C(=O)O)c2c(Cc3ccc(C(F)(F)F)cc3)c(C(C)(C)C)nn2C1. The Morgan fingerprint density at radius 3 is 2.36 bits per heavy atom. The standard InChI is InChI=1S/C23H27F3N4O3/c1-5-18(31)27-11-15-12-29(21(32)33)20-17(19(22(2,3)4)28-30(20)13-15)10-14-6-8-16(9-7-14)23(24,25)26/h5-9,15H,1,10-13H2,2-4H3,(H,27,31)(H,32,33). The molecule has 178 valence electrons. The summed E-state index contributed by atoms with van der Waals surface area (Å²) in [6, 6.07) is 4.85. The lowest BCUT2D eigenvalue weighted by molar-refractivity contribution is -0.137. The van der Waals surface area contributed by atoms with Gasteiger partial charge in [0.25, 0.3) is 0 Å². The van der Waals surface area contributed by atoms with E-state index in [1.54, 1.807) is 4.68 Å². The molecule has 2 amide bonds. The van der Waals surface area contributed by atoms with Gasteiger partial charge in [0, 0.05) is 43.0 Å². The van der Waals surface area contributed by atoms with Crippen molar-refractivity contribution < 1.29 is 27.9 Å². The Labute approximate surface area is 189 Å². The third kappa shape index (κ3) is 5.37. The molecule has 0 spiro atoms. The number of rotatable bonds is 5. The van der Waals surface area contributed by atoms with E-state index in [9.17, 15) is 27.9 Å². The van der Waals surface area contributed by atoms with Gasteiger partial charge in [0.15, 0.2) is 0 Å². The number of benzene rings is 1. The molecule has 10 heteroatoms. The van der Waals surface area contributed by atoms with E-state index in [1.165, 1.54) is 17.0 Å². The second-order valence-electron chi connectivity index (χ2n) is 9.16. The molecule has 0 fully saturated rings. The van der Waals surface area contributed by atoms with E-state index in [0.29, 0.717) is 29.2 Å². The third-order valence-corrected chi connectivity index (χ3v) is 5.50. The highest BCUT2D eigenvalue weighted by molar-refractivity contribution is 5.87. The molecular weight excluding hydrogens is 437 g/mol. The fourth-order valence-electron chi connectivity index (χ4n) is 3.96. The maximum Gasteiger partial charge on any atom is 0.416 e. The van der Waals surface area contributed by atoms with Gasteiger partial charge < -0.3 is 10.4 Å². The molecule has 2 aromatic rings. The number of halogens is 3. The van der Waals surface area contributed by atoms with Crippen molar-refractivity contribution in [2.24, 2.45) is 5.92 Å². The minimum atomic E-state index is -4.43. The zero-order chi connectivity index (χ0) is 24.6. The molecule has 1 unspecified atom stereocenters. The van der Waals surface area contributed by atoms with Crippen LogP contribution in [0, 0.1) is 5.92 Å². The van der Waals surface area contributed by atoms with Crippen LogP contribution in [-0.4, -0.2) is 40.0 Å². The Kier molecular flexibility index (Phi) is 6.58. The predicted octanol–water partition coefficient (Wildman–Crippen LogP) is 4.21. The quantitative estimate of drug-likeness (QED) is 0.649. The molecule has 0 bridgehead atoms. The molecule has 1 aromatic carbocycles. The van der Waals surface area contributed by atoms with Gasteiger partial charge in [-0.2, -0.15) is 18.3 Å². The molecular formula is C23H27F3N4O3. The maximum atomic E-state index is 12.9. The third-order valence-electron chi connectivity index (χ3n) is 5.50. The van der Waals surface area contributed by atoms with Crippen molar-refractivity contribution in [3.05, 3.63) is 59.3 Å². The topological polar surface area (TPSA) is 87.5 Å². The van der Waals surface area contributed by atoms with Gasteiger partial charge in [-0.15, -0.1) is 0 Å². The first-order valence-corrected chi connectivity index (χ1v) is 10.5. The smallest absolute Gasteiger partial charge is 0.416 e. The van der Waals surface area contributed by atoms with Gasteiger partial charge in [0.1, 0.15) is 5.82 Å². The van der Waals surface area contributed by atoms with Crippen molar-refractivity contribution >= 4 is 17.8 Å². The van der Waals surface area contributed by atoms with Gasteiger partial charge in [0.2, 0.25) is 5.91 Å². The van der Waals surface area contributed by atoms with Crippen LogP contribution in [0.2, 0.25) is 0 Å². The Bertz CT molecular complexity index is 1050. The number of nitrogens with zero attached hydrogens (tertiary/aromatic N) is 3. The number of nitrogens with one attached hydrogen (secondary N) is 1.